The Kier molecular flexibility index (Phi) is 2.89. The highest BCUT2D eigenvalue weighted by atomic mass is 31.1. The van der Waals surface area contributed by atoms with Crippen molar-refractivity contribution in [1.82, 2.24) is 0 Å². The number of hydrogen-bond acceptors (Lipinski definition) is 1. The van der Waals surface area contributed by atoms with Crippen LogP contribution >= 0.6 is 7.80 Å². The van der Waals surface area contributed by atoms with Crippen LogP contribution in [0, 0.1) is 5.82 Å². The molecule has 0 N–H and O–H groups in total. The van der Waals surface area contributed by atoms with Gasteiger partial charge in [-0.3, -0.25) is 0 Å². The highest BCUT2D eigenvalue weighted by molar-refractivity contribution is 7.61. The van der Waals surface area contributed by atoms with Crippen LogP contribution in [0.4, 0.5) is 4.39 Å². The maximum Gasteiger partial charge on any atom is 0.415 e. The van der Waals surface area contributed by atoms with E-state index in [0.717, 1.165) is 5.30 Å². The molecule has 2 rings (SSSR count). The van der Waals surface area contributed by atoms with Crippen LogP contribution in [-0.2, 0) is 4.57 Å². The zero-order chi connectivity index (χ0) is 10.7. The SMILES string of the molecule is O=[P+](c1ccccc1)c1ccc(F)cc1. The van der Waals surface area contributed by atoms with Gasteiger partial charge in [0, 0.05) is 0 Å². The first-order valence-electron chi connectivity index (χ1n) is 4.55. The summed E-state index contributed by atoms with van der Waals surface area (Å²) in [7, 11) is -1.60. The van der Waals surface area contributed by atoms with E-state index in [1.54, 1.807) is 12.1 Å². The summed E-state index contributed by atoms with van der Waals surface area (Å²) in [5, 5.41) is 1.41. The molecule has 0 amide bonds. The Morgan fingerprint density at radius 3 is 1.93 bits per heavy atom. The molecule has 0 bridgehead atoms. The number of rotatable bonds is 2. The number of hydrogen-bond donors (Lipinski definition) is 0. The summed E-state index contributed by atoms with van der Waals surface area (Å²) in [6.45, 7) is 0. The Labute approximate surface area is 88.4 Å². The summed E-state index contributed by atoms with van der Waals surface area (Å²) in [5.41, 5.74) is 0. The highest BCUT2D eigenvalue weighted by Crippen LogP contribution is 2.18. The normalized spacial score (nSPS) is 11.1. The molecule has 74 valence electrons. The van der Waals surface area contributed by atoms with Crippen molar-refractivity contribution in [3.63, 3.8) is 0 Å². The van der Waals surface area contributed by atoms with Crippen molar-refractivity contribution in [3.8, 4) is 0 Å². The van der Waals surface area contributed by atoms with Crippen molar-refractivity contribution in [1.29, 1.82) is 0 Å². The van der Waals surface area contributed by atoms with E-state index in [2.05, 4.69) is 0 Å². The lowest BCUT2D eigenvalue weighted by Gasteiger charge is -1.89. The summed E-state index contributed by atoms with van der Waals surface area (Å²) in [4.78, 5) is 0. The lowest BCUT2D eigenvalue weighted by molar-refractivity contribution is 0.598. The van der Waals surface area contributed by atoms with Crippen molar-refractivity contribution in [3.05, 3.63) is 60.4 Å². The van der Waals surface area contributed by atoms with E-state index in [-0.39, 0.29) is 5.82 Å². The smallest absolute Gasteiger partial charge is 0.207 e. The Balaban J connectivity index is 2.33. The lowest BCUT2D eigenvalue weighted by Crippen LogP contribution is -2.05. The third kappa shape index (κ3) is 2.28. The molecular weight excluding hydrogens is 210 g/mol. The first kappa shape index (κ1) is 10.0. The van der Waals surface area contributed by atoms with Gasteiger partial charge in [-0.25, -0.2) is 4.39 Å². The second-order valence-corrected chi connectivity index (χ2v) is 4.73. The topological polar surface area (TPSA) is 17.1 Å². The largest absolute Gasteiger partial charge is 0.415 e. The number of benzene rings is 2. The minimum Gasteiger partial charge on any atom is -0.207 e. The molecule has 15 heavy (non-hydrogen) atoms. The van der Waals surface area contributed by atoms with Gasteiger partial charge in [0.15, 0.2) is 10.6 Å². The van der Waals surface area contributed by atoms with Gasteiger partial charge in [0.25, 0.3) is 0 Å². The van der Waals surface area contributed by atoms with Gasteiger partial charge in [-0.1, -0.05) is 22.8 Å². The van der Waals surface area contributed by atoms with E-state index in [9.17, 15) is 8.96 Å². The molecule has 1 nitrogen and oxygen atoms in total. The third-order valence-electron chi connectivity index (χ3n) is 2.05. The molecular formula is C12H9FOP+. The van der Waals surface area contributed by atoms with Crippen molar-refractivity contribution in [2.45, 2.75) is 0 Å². The maximum absolute atomic E-state index is 12.7. The summed E-state index contributed by atoms with van der Waals surface area (Å²) in [6, 6.07) is 14.9. The molecule has 0 aliphatic heterocycles. The molecule has 2 aromatic rings. The van der Waals surface area contributed by atoms with Gasteiger partial charge < -0.3 is 0 Å². The fourth-order valence-electron chi connectivity index (χ4n) is 1.29. The Hall–Kier alpha value is -1.53. The molecule has 0 heterocycles. The monoisotopic (exact) mass is 219 g/mol. The van der Waals surface area contributed by atoms with Crippen molar-refractivity contribution < 1.29 is 8.96 Å². The molecule has 0 aliphatic carbocycles. The molecule has 1 unspecified atom stereocenters. The average molecular weight is 219 g/mol. The Morgan fingerprint density at radius 1 is 0.800 bits per heavy atom. The van der Waals surface area contributed by atoms with Crippen LogP contribution in [0.25, 0.3) is 0 Å². The van der Waals surface area contributed by atoms with Crippen molar-refractivity contribution in [2.24, 2.45) is 0 Å². The van der Waals surface area contributed by atoms with Crippen LogP contribution in [-0.4, -0.2) is 0 Å². The fraction of sp³-hybridized carbons (Fsp3) is 0. The van der Waals surface area contributed by atoms with Gasteiger partial charge in [-0.15, -0.1) is 0 Å². The van der Waals surface area contributed by atoms with E-state index in [4.69, 9.17) is 0 Å². The lowest BCUT2D eigenvalue weighted by atomic mass is 10.3. The first-order valence-corrected chi connectivity index (χ1v) is 5.81. The number of halogens is 1. The molecule has 0 aliphatic rings. The zero-order valence-electron chi connectivity index (χ0n) is 7.93. The second-order valence-electron chi connectivity index (χ2n) is 3.11. The average Bonchev–Trinajstić information content (AvgIpc) is 2.30. The van der Waals surface area contributed by atoms with Gasteiger partial charge >= 0.3 is 7.80 Å². The predicted molar refractivity (Wildman–Crippen MR) is 59.7 cm³/mol. The summed E-state index contributed by atoms with van der Waals surface area (Å²) in [6.07, 6.45) is 0. The third-order valence-corrected chi connectivity index (χ3v) is 3.59. The molecule has 0 saturated heterocycles. The highest BCUT2D eigenvalue weighted by Gasteiger charge is 2.22. The molecule has 0 aromatic heterocycles. The van der Waals surface area contributed by atoms with E-state index in [1.165, 1.54) is 12.1 Å². The zero-order valence-corrected chi connectivity index (χ0v) is 8.82. The predicted octanol–water partition coefficient (Wildman–Crippen LogP) is 2.60. The van der Waals surface area contributed by atoms with Crippen LogP contribution < -0.4 is 10.6 Å². The maximum atomic E-state index is 12.7. The minimum absolute atomic E-state index is 0.310. The van der Waals surface area contributed by atoms with Crippen molar-refractivity contribution in [2.75, 3.05) is 0 Å². The van der Waals surface area contributed by atoms with E-state index >= 15 is 0 Å². The van der Waals surface area contributed by atoms with Crippen LogP contribution in [0.5, 0.6) is 0 Å². The van der Waals surface area contributed by atoms with Crippen molar-refractivity contribution >= 4 is 18.4 Å². The van der Waals surface area contributed by atoms with E-state index < -0.39 is 7.80 Å². The van der Waals surface area contributed by atoms with E-state index in [0.29, 0.717) is 5.30 Å². The van der Waals surface area contributed by atoms with Gasteiger partial charge in [0.05, 0.1) is 0 Å². The van der Waals surface area contributed by atoms with Crippen LogP contribution in [0.1, 0.15) is 0 Å². The molecule has 0 radical (unpaired) electrons. The molecule has 3 heteroatoms. The first-order chi connectivity index (χ1) is 7.27. The van der Waals surface area contributed by atoms with Crippen LogP contribution in [0.3, 0.4) is 0 Å². The second kappa shape index (κ2) is 4.33. The fourth-order valence-corrected chi connectivity index (χ4v) is 2.45. The summed E-state index contributed by atoms with van der Waals surface area (Å²) in [5.74, 6) is -0.310. The minimum atomic E-state index is -1.60. The van der Waals surface area contributed by atoms with Gasteiger partial charge in [-0.2, -0.15) is 0 Å². The standard InChI is InChI=1S/C12H9FOP/c13-10-6-8-12(9-7-10)15(14)11-4-2-1-3-5-11/h1-9H/q+1. The molecule has 0 saturated carbocycles. The summed E-state index contributed by atoms with van der Waals surface area (Å²) >= 11 is 0. The molecule has 0 fully saturated rings. The molecule has 0 spiro atoms. The van der Waals surface area contributed by atoms with Gasteiger partial charge in [-0.05, 0) is 36.4 Å². The Bertz CT molecular complexity index is 465. The van der Waals surface area contributed by atoms with Gasteiger partial charge in [0.1, 0.15) is 5.82 Å². The van der Waals surface area contributed by atoms with E-state index in [1.807, 2.05) is 30.3 Å². The van der Waals surface area contributed by atoms with Gasteiger partial charge in [0.2, 0.25) is 0 Å². The quantitative estimate of drug-likeness (QED) is 0.709. The Morgan fingerprint density at radius 2 is 1.33 bits per heavy atom. The van der Waals surface area contributed by atoms with Crippen LogP contribution in [0.2, 0.25) is 0 Å². The van der Waals surface area contributed by atoms with Crippen LogP contribution in [0.15, 0.2) is 54.6 Å². The molecule has 2 aromatic carbocycles. The summed E-state index contributed by atoms with van der Waals surface area (Å²) < 4.78 is 24.6. The molecule has 1 atom stereocenters.